The monoisotopic (exact) mass is 281 g/mol. The Kier molecular flexibility index (Phi) is 5.31. The summed E-state index contributed by atoms with van der Waals surface area (Å²) in [6, 6.07) is 4.27. The van der Waals surface area contributed by atoms with Gasteiger partial charge in [0.15, 0.2) is 0 Å². The van der Waals surface area contributed by atoms with Crippen molar-refractivity contribution in [2.45, 2.75) is 20.0 Å². The van der Waals surface area contributed by atoms with Crippen molar-refractivity contribution in [2.24, 2.45) is 0 Å². The molecule has 98 valence electrons. The average Bonchev–Trinajstić information content (AvgIpc) is 2.98. The standard InChI is InChI=1S/C13H19N3S2/c1-11-13(18-10-15-11)9-16(2)6-5-14-8-12-4-3-7-17-12/h3-4,7,10,14H,5-6,8-9H2,1-2H3. The van der Waals surface area contributed by atoms with E-state index in [1.54, 1.807) is 22.7 Å². The van der Waals surface area contributed by atoms with E-state index in [0.717, 1.165) is 26.2 Å². The summed E-state index contributed by atoms with van der Waals surface area (Å²) in [4.78, 5) is 9.38. The zero-order valence-corrected chi connectivity index (χ0v) is 12.5. The molecule has 2 aromatic heterocycles. The van der Waals surface area contributed by atoms with Crippen molar-refractivity contribution < 1.29 is 0 Å². The maximum atomic E-state index is 4.28. The number of hydrogen-bond donors (Lipinski definition) is 1. The molecule has 0 aliphatic rings. The lowest BCUT2D eigenvalue weighted by Gasteiger charge is -2.16. The summed E-state index contributed by atoms with van der Waals surface area (Å²) in [5.41, 5.74) is 3.09. The molecule has 2 aromatic rings. The first kappa shape index (κ1) is 13.7. The van der Waals surface area contributed by atoms with Crippen LogP contribution in [-0.4, -0.2) is 30.0 Å². The van der Waals surface area contributed by atoms with Crippen LogP contribution >= 0.6 is 22.7 Å². The molecule has 1 N–H and O–H groups in total. The van der Waals surface area contributed by atoms with Gasteiger partial charge in [0.05, 0.1) is 11.2 Å². The average molecular weight is 281 g/mol. The summed E-state index contributed by atoms with van der Waals surface area (Å²) in [6.07, 6.45) is 0. The van der Waals surface area contributed by atoms with Crippen LogP contribution in [0.15, 0.2) is 23.0 Å². The molecule has 0 atom stereocenters. The number of thiazole rings is 1. The van der Waals surface area contributed by atoms with Gasteiger partial charge in [0.2, 0.25) is 0 Å². The van der Waals surface area contributed by atoms with E-state index in [-0.39, 0.29) is 0 Å². The second-order valence-electron chi connectivity index (χ2n) is 4.35. The lowest BCUT2D eigenvalue weighted by atomic mass is 10.3. The normalized spacial score (nSPS) is 11.3. The van der Waals surface area contributed by atoms with Crippen molar-refractivity contribution in [1.82, 2.24) is 15.2 Å². The van der Waals surface area contributed by atoms with Gasteiger partial charge in [-0.3, -0.25) is 4.90 Å². The van der Waals surface area contributed by atoms with E-state index in [1.807, 2.05) is 5.51 Å². The van der Waals surface area contributed by atoms with E-state index in [9.17, 15) is 0 Å². The Balaban J connectivity index is 1.63. The molecular formula is C13H19N3S2. The van der Waals surface area contributed by atoms with Gasteiger partial charge in [0.25, 0.3) is 0 Å². The van der Waals surface area contributed by atoms with Gasteiger partial charge in [0.1, 0.15) is 0 Å². The molecule has 5 heteroatoms. The quantitative estimate of drug-likeness (QED) is 0.791. The van der Waals surface area contributed by atoms with Gasteiger partial charge in [-0.15, -0.1) is 22.7 Å². The summed E-state index contributed by atoms with van der Waals surface area (Å²) in [5.74, 6) is 0. The first-order valence-corrected chi connectivity index (χ1v) is 7.82. The molecule has 0 aromatic carbocycles. The SMILES string of the molecule is Cc1ncsc1CN(C)CCNCc1cccs1. The summed E-state index contributed by atoms with van der Waals surface area (Å²) in [6.45, 7) is 6.13. The number of nitrogens with one attached hydrogen (secondary N) is 1. The molecule has 18 heavy (non-hydrogen) atoms. The Morgan fingerprint density at radius 2 is 2.28 bits per heavy atom. The number of aromatic nitrogens is 1. The topological polar surface area (TPSA) is 28.2 Å². The van der Waals surface area contributed by atoms with E-state index >= 15 is 0 Å². The highest BCUT2D eigenvalue weighted by Gasteiger charge is 2.05. The summed E-state index contributed by atoms with van der Waals surface area (Å²) < 4.78 is 0. The van der Waals surface area contributed by atoms with E-state index in [4.69, 9.17) is 0 Å². The molecule has 0 radical (unpaired) electrons. The van der Waals surface area contributed by atoms with Gasteiger partial charge in [-0.1, -0.05) is 6.07 Å². The smallest absolute Gasteiger partial charge is 0.0798 e. The Morgan fingerprint density at radius 3 is 2.94 bits per heavy atom. The number of hydrogen-bond acceptors (Lipinski definition) is 5. The second-order valence-corrected chi connectivity index (χ2v) is 6.33. The minimum Gasteiger partial charge on any atom is -0.311 e. The Hall–Kier alpha value is -0.750. The Morgan fingerprint density at radius 1 is 1.39 bits per heavy atom. The highest BCUT2D eigenvalue weighted by Crippen LogP contribution is 2.13. The summed E-state index contributed by atoms with van der Waals surface area (Å²) in [7, 11) is 2.16. The minimum absolute atomic E-state index is 0.977. The molecule has 0 fully saturated rings. The molecule has 0 amide bonds. The predicted octanol–water partition coefficient (Wildman–Crippen LogP) is 2.73. The maximum Gasteiger partial charge on any atom is 0.0798 e. The number of rotatable bonds is 7. The third-order valence-corrected chi connectivity index (χ3v) is 4.60. The largest absolute Gasteiger partial charge is 0.311 e. The third-order valence-electron chi connectivity index (χ3n) is 2.81. The van der Waals surface area contributed by atoms with E-state index < -0.39 is 0 Å². The number of nitrogens with zero attached hydrogens (tertiary/aromatic N) is 2. The van der Waals surface area contributed by atoms with Crippen LogP contribution in [0.3, 0.4) is 0 Å². The lowest BCUT2D eigenvalue weighted by Crippen LogP contribution is -2.28. The number of thiophene rings is 1. The zero-order chi connectivity index (χ0) is 12.8. The molecule has 0 aliphatic carbocycles. The molecule has 0 bridgehead atoms. The maximum absolute atomic E-state index is 4.28. The van der Waals surface area contributed by atoms with Crippen molar-refractivity contribution in [1.29, 1.82) is 0 Å². The minimum atomic E-state index is 0.977. The molecule has 3 nitrogen and oxygen atoms in total. The fourth-order valence-electron chi connectivity index (χ4n) is 1.70. The van der Waals surface area contributed by atoms with Gasteiger partial charge in [0, 0.05) is 35.9 Å². The molecule has 0 aliphatic heterocycles. The Bertz CT molecular complexity index is 451. The first-order chi connectivity index (χ1) is 8.75. The van der Waals surface area contributed by atoms with Crippen LogP contribution in [0.1, 0.15) is 15.4 Å². The van der Waals surface area contributed by atoms with Gasteiger partial charge in [-0.2, -0.15) is 0 Å². The van der Waals surface area contributed by atoms with Crippen LogP contribution in [0.25, 0.3) is 0 Å². The van der Waals surface area contributed by atoms with Gasteiger partial charge >= 0.3 is 0 Å². The van der Waals surface area contributed by atoms with Crippen LogP contribution < -0.4 is 5.32 Å². The van der Waals surface area contributed by atoms with Crippen LogP contribution in [0.5, 0.6) is 0 Å². The molecular weight excluding hydrogens is 262 g/mol. The second kappa shape index (κ2) is 6.99. The lowest BCUT2D eigenvalue weighted by molar-refractivity contribution is 0.326. The Labute approximate surface area is 116 Å². The van der Waals surface area contributed by atoms with Crippen molar-refractivity contribution in [3.8, 4) is 0 Å². The fourth-order valence-corrected chi connectivity index (χ4v) is 3.23. The fraction of sp³-hybridized carbons (Fsp3) is 0.462. The van der Waals surface area contributed by atoms with Crippen LogP contribution in [0, 0.1) is 6.92 Å². The van der Waals surface area contributed by atoms with Crippen molar-refractivity contribution in [2.75, 3.05) is 20.1 Å². The van der Waals surface area contributed by atoms with Crippen LogP contribution in [0.2, 0.25) is 0 Å². The highest BCUT2D eigenvalue weighted by atomic mass is 32.1. The predicted molar refractivity (Wildman–Crippen MR) is 79.2 cm³/mol. The van der Waals surface area contributed by atoms with Gasteiger partial charge < -0.3 is 5.32 Å². The number of aryl methyl sites for hydroxylation is 1. The molecule has 0 unspecified atom stereocenters. The molecule has 2 rings (SSSR count). The van der Waals surface area contributed by atoms with E-state index in [0.29, 0.717) is 0 Å². The van der Waals surface area contributed by atoms with Crippen LogP contribution in [-0.2, 0) is 13.1 Å². The summed E-state index contributed by atoms with van der Waals surface area (Å²) >= 11 is 3.55. The van der Waals surface area contributed by atoms with E-state index in [1.165, 1.54) is 15.4 Å². The van der Waals surface area contributed by atoms with Crippen molar-refractivity contribution in [3.63, 3.8) is 0 Å². The summed E-state index contributed by atoms with van der Waals surface area (Å²) in [5, 5.41) is 5.59. The number of likely N-dealkylation sites (N-methyl/N-ethyl adjacent to an activating group) is 1. The molecule has 2 heterocycles. The van der Waals surface area contributed by atoms with Crippen molar-refractivity contribution in [3.05, 3.63) is 38.5 Å². The van der Waals surface area contributed by atoms with Crippen LogP contribution in [0.4, 0.5) is 0 Å². The zero-order valence-electron chi connectivity index (χ0n) is 10.8. The molecule has 0 spiro atoms. The molecule has 0 saturated carbocycles. The first-order valence-electron chi connectivity index (χ1n) is 6.06. The van der Waals surface area contributed by atoms with Gasteiger partial charge in [-0.05, 0) is 25.4 Å². The van der Waals surface area contributed by atoms with E-state index in [2.05, 4.69) is 46.7 Å². The molecule has 0 saturated heterocycles. The van der Waals surface area contributed by atoms with Gasteiger partial charge in [-0.25, -0.2) is 4.98 Å². The highest BCUT2D eigenvalue weighted by molar-refractivity contribution is 7.10. The third kappa shape index (κ3) is 4.17. The van der Waals surface area contributed by atoms with Crippen molar-refractivity contribution >= 4 is 22.7 Å².